The van der Waals surface area contributed by atoms with Gasteiger partial charge in [0, 0.05) is 137 Å². The fourth-order valence-corrected chi connectivity index (χ4v) is 15.8. The van der Waals surface area contributed by atoms with Crippen LogP contribution in [0.3, 0.4) is 0 Å². The molecule has 714 valence electrons. The maximum absolute atomic E-state index is 8.90. The Morgan fingerprint density at radius 1 is 0.296 bits per heavy atom. The number of benzene rings is 7. The molecule has 0 aliphatic heterocycles. The molecular weight excluding hydrogens is 1900 g/mol. The summed E-state index contributed by atoms with van der Waals surface area (Å²) >= 11 is 6.88. The second-order valence-corrected chi connectivity index (χ2v) is 60.4. The Balaban J connectivity index is 0.000000179. The predicted octanol–water partition coefficient (Wildman–Crippen LogP) is 21.8. The zero-order chi connectivity index (χ0) is 96.6. The van der Waals surface area contributed by atoms with Crippen LogP contribution in [0.4, 0.5) is 0 Å². The average molecular weight is 2030 g/mol. The highest BCUT2D eigenvalue weighted by Gasteiger charge is 2.23. The quantitative estimate of drug-likeness (QED) is 0.0265. The third-order valence-electron chi connectivity index (χ3n) is 19.9. The number of halogens is 2. The van der Waals surface area contributed by atoms with Gasteiger partial charge in [0.1, 0.15) is 46.7 Å². The van der Waals surface area contributed by atoms with Gasteiger partial charge >= 0.3 is 31.2 Å². The number of hydrogen-bond acceptors (Lipinski definition) is 24. The lowest BCUT2D eigenvalue weighted by Gasteiger charge is -2.15. The van der Waals surface area contributed by atoms with Crippen molar-refractivity contribution in [3.63, 3.8) is 0 Å². The van der Waals surface area contributed by atoms with Gasteiger partial charge in [-0.15, -0.1) is 20.4 Å². The van der Waals surface area contributed by atoms with Crippen LogP contribution in [0.5, 0.6) is 41.7 Å². The van der Waals surface area contributed by atoms with Crippen LogP contribution in [0.1, 0.15) is 44.4 Å². The Morgan fingerprint density at radius 2 is 0.585 bits per heavy atom. The fourth-order valence-electron chi connectivity index (χ4n) is 12.2. The number of nitrogens with zero attached hydrogens (tertiary/aromatic N) is 15. The van der Waals surface area contributed by atoms with Crippen LogP contribution in [-0.2, 0) is 65.7 Å². The van der Waals surface area contributed by atoms with Gasteiger partial charge in [-0.1, -0.05) is 280 Å². The first-order valence-electron chi connectivity index (χ1n) is 45.4. The third-order valence-corrected chi connectivity index (χ3v) is 27.8. The minimum atomic E-state index is -1.49. The van der Waals surface area contributed by atoms with Crippen molar-refractivity contribution in [3.8, 4) is 109 Å². The number of ether oxygens (including phenoxy) is 11. The van der Waals surface area contributed by atoms with E-state index in [0.717, 1.165) is 132 Å². The van der Waals surface area contributed by atoms with Gasteiger partial charge < -0.3 is 62.2 Å². The molecular formula is C100H128BBr2N15O13Si4. The molecule has 0 spiro atoms. The van der Waals surface area contributed by atoms with Crippen molar-refractivity contribution in [1.29, 1.82) is 0 Å². The largest absolute Gasteiger partial charge is 0.490 e. The van der Waals surface area contributed by atoms with Gasteiger partial charge in [-0.2, -0.15) is 29.3 Å². The minimum absolute atomic E-state index is 0.329. The number of hydrogen-bond donors (Lipinski definition) is 2. The summed E-state index contributed by atoms with van der Waals surface area (Å²) < 4.78 is 71.6. The highest BCUT2D eigenvalue weighted by Crippen LogP contribution is 2.31. The summed E-state index contributed by atoms with van der Waals surface area (Å²) in [6.07, 6.45) is 5.04. The van der Waals surface area contributed by atoms with Gasteiger partial charge in [-0.05, 0) is 122 Å². The Hall–Kier alpha value is -11.2. The first kappa shape index (κ1) is 106. The van der Waals surface area contributed by atoms with Crippen molar-refractivity contribution in [1.82, 2.24) is 74.0 Å². The Morgan fingerprint density at radius 3 is 0.881 bits per heavy atom. The molecule has 14 aromatic rings. The summed E-state index contributed by atoms with van der Waals surface area (Å²) in [5, 5.41) is 35.8. The second kappa shape index (κ2) is 53.9. The zero-order valence-corrected chi connectivity index (χ0v) is 87.6. The van der Waals surface area contributed by atoms with Crippen molar-refractivity contribution in [2.24, 2.45) is 0 Å². The summed E-state index contributed by atoms with van der Waals surface area (Å²) in [6.45, 7) is 43.7. The zero-order valence-electron chi connectivity index (χ0n) is 80.5. The Bertz CT molecular complexity index is 5750. The molecule has 0 aliphatic carbocycles. The molecule has 7 aromatic heterocycles. The van der Waals surface area contributed by atoms with Crippen molar-refractivity contribution < 1.29 is 62.2 Å². The number of rotatable bonds is 44. The van der Waals surface area contributed by atoms with E-state index in [9.17, 15) is 0 Å². The van der Waals surface area contributed by atoms with Crippen LogP contribution in [-0.4, -0.2) is 176 Å². The maximum atomic E-state index is 8.90. The van der Waals surface area contributed by atoms with Gasteiger partial charge in [0.2, 0.25) is 17.6 Å². The molecule has 135 heavy (non-hydrogen) atoms. The molecule has 0 aliphatic rings. The van der Waals surface area contributed by atoms with E-state index in [1.54, 1.807) is 30.9 Å². The minimum Gasteiger partial charge on any atom is -0.473 e. The molecule has 0 radical (unpaired) electrons. The first-order chi connectivity index (χ1) is 64.8. The molecule has 0 saturated heterocycles. The normalized spacial score (nSPS) is 11.3. The molecule has 7 aromatic carbocycles. The number of pyridine rings is 3. The van der Waals surface area contributed by atoms with Crippen LogP contribution in [0.2, 0.25) is 103 Å². The molecule has 0 fully saturated rings. The van der Waals surface area contributed by atoms with Gasteiger partial charge in [0.25, 0.3) is 0 Å². The summed E-state index contributed by atoms with van der Waals surface area (Å²) in [7, 11) is -5.96. The van der Waals surface area contributed by atoms with Crippen LogP contribution >= 0.6 is 31.9 Å². The van der Waals surface area contributed by atoms with Gasteiger partial charge in [0.15, 0.2) is 23.3 Å². The van der Waals surface area contributed by atoms with E-state index in [2.05, 4.69) is 178 Å². The van der Waals surface area contributed by atoms with E-state index >= 15 is 0 Å². The van der Waals surface area contributed by atoms with E-state index in [4.69, 9.17) is 62.2 Å². The van der Waals surface area contributed by atoms with Crippen molar-refractivity contribution in [3.05, 3.63) is 269 Å². The molecule has 35 heteroatoms. The second-order valence-electron chi connectivity index (χ2n) is 36.1. The van der Waals surface area contributed by atoms with E-state index < -0.39 is 39.4 Å². The Labute approximate surface area is 815 Å². The smallest absolute Gasteiger partial charge is 0.473 e. The first-order valence-corrected chi connectivity index (χ1v) is 61.9. The highest BCUT2D eigenvalue weighted by atomic mass is 79.9. The molecule has 0 saturated carbocycles. The van der Waals surface area contributed by atoms with Crippen LogP contribution in [0.15, 0.2) is 252 Å². The van der Waals surface area contributed by atoms with E-state index in [1.165, 1.54) is 6.20 Å². The molecule has 0 atom stereocenters. The SMILES string of the molecule is CCOc1nc(-c2ccc(-c3ccc(OCc4ccccc4)nc3)cc2)n(COCC[Si](C)(C)C)n1.CCOc1nc(-c2ccc(-c3ccc(OCc4ccccc4)nc3)cc2)nn1COCC[Si](C)(C)C.CCOc1nc(-c2ccc(Br)cc2)n(COCC[Si](C)(C)C)n1.CCOc1nc(-c2ccc(Br)cc2)nn1COCC[Si](C)(C)C.OB(O)c1ccc(OCc2ccccc2)nc1. The molecule has 28 nitrogen and oxygen atoms in total. The summed E-state index contributed by atoms with van der Waals surface area (Å²) in [5.41, 5.74) is 11.6. The van der Waals surface area contributed by atoms with Gasteiger partial charge in [-0.25, -0.2) is 24.3 Å². The van der Waals surface area contributed by atoms with Gasteiger partial charge in [-0.3, -0.25) is 0 Å². The topological polar surface area (TPSA) is 304 Å². The molecule has 14 rings (SSSR count). The summed E-state index contributed by atoms with van der Waals surface area (Å²) in [5.74, 6) is 4.40. The monoisotopic (exact) mass is 2030 g/mol. The maximum Gasteiger partial charge on any atom is 0.490 e. The molecule has 7 heterocycles. The average Bonchev–Trinajstić information content (AvgIpc) is 1.69. The van der Waals surface area contributed by atoms with E-state index in [1.807, 2.05) is 240 Å². The lowest BCUT2D eigenvalue weighted by atomic mass is 9.82. The standard InChI is InChI=1S/2C28H34N4O3Si.2C16H24BrN3O2Si.C12H12BNO3/c1-5-34-28-30-27(32(31-28)21-33-17-18-36(2,3)4)24-13-11-23(12-14-24)25-15-16-26(29-19-25)35-20-22-9-7-6-8-10-22;1-5-34-28-30-27(31-32(28)21-33-17-18-36(2,3)4)24-13-11-23(12-14-24)25-15-16-26(29-19-25)35-20-22-9-7-6-8-10-22;1-5-22-16-18-15(13-6-8-14(17)9-7-13)20(19-16)12-21-10-11-23(2,3)4;1-5-22-16-18-15(13-6-8-14(17)9-7-13)19-20(16)12-21-10-11-23(2,3)4;15-13(16)11-6-7-12(14-8-11)17-9-10-4-2-1-3-5-10/h2*6-16,19H,5,17-18,20-21H2,1-4H3;2*6-9H,5,10-12H2,1-4H3;1-8,15-16H,9H2. The lowest BCUT2D eigenvalue weighted by molar-refractivity contribution is 0.0699. The van der Waals surface area contributed by atoms with Gasteiger partial charge in [0.05, 0.1) is 26.4 Å². The lowest BCUT2D eigenvalue weighted by Crippen LogP contribution is -2.29. The van der Waals surface area contributed by atoms with Crippen LogP contribution in [0.25, 0.3) is 67.8 Å². The summed E-state index contributed by atoms with van der Waals surface area (Å²) in [6, 6.07) is 79.3. The molecule has 2 N–H and O–H groups in total. The van der Waals surface area contributed by atoms with Crippen molar-refractivity contribution >= 4 is 76.7 Å². The third kappa shape index (κ3) is 37.8. The number of aromatic nitrogens is 15. The highest BCUT2D eigenvalue weighted by molar-refractivity contribution is 9.10. The fraction of sp³-hybridized carbons (Fsp3) is 0.350. The molecule has 0 amide bonds. The predicted molar refractivity (Wildman–Crippen MR) is 551 cm³/mol. The van der Waals surface area contributed by atoms with E-state index in [-0.39, 0.29) is 0 Å². The molecule has 0 unspecified atom stereocenters. The summed E-state index contributed by atoms with van der Waals surface area (Å²) in [4.78, 5) is 31.0. The van der Waals surface area contributed by atoms with Crippen molar-refractivity contribution in [2.75, 3.05) is 52.9 Å². The molecule has 0 bridgehead atoms. The van der Waals surface area contributed by atoms with Crippen molar-refractivity contribution in [2.45, 2.75) is 177 Å². The van der Waals surface area contributed by atoms with Crippen LogP contribution in [0, 0.1) is 0 Å². The van der Waals surface area contributed by atoms with E-state index in [0.29, 0.717) is 132 Å². The Kier molecular flexibility index (Phi) is 42.3. The van der Waals surface area contributed by atoms with Crippen LogP contribution < -0.4 is 38.6 Å².